The molecule has 1 unspecified atom stereocenters. The third-order valence-corrected chi connectivity index (χ3v) is 7.35. The third-order valence-electron chi connectivity index (χ3n) is 5.35. The number of nitrogens with one attached hydrogen (secondary N) is 1. The minimum Gasteiger partial charge on any atom is -0.485 e. The molecule has 5 rings (SSSR count). The highest BCUT2D eigenvalue weighted by atomic mass is 32.2. The molecule has 2 aromatic rings. The van der Waals surface area contributed by atoms with Crippen LogP contribution in [0.15, 0.2) is 34.6 Å². The van der Waals surface area contributed by atoms with E-state index < -0.39 is 0 Å². The molecule has 162 valence electrons. The predicted molar refractivity (Wildman–Crippen MR) is 119 cm³/mol. The van der Waals surface area contributed by atoms with E-state index in [0.717, 1.165) is 31.0 Å². The maximum Gasteiger partial charge on any atom is 0.271 e. The Labute approximate surface area is 188 Å². The normalized spacial score (nSPS) is 22.3. The molecule has 2 amide bonds. The number of carbonyl (C=O) groups is 2. The Balaban J connectivity index is 1.15. The van der Waals surface area contributed by atoms with Gasteiger partial charge in [0.25, 0.3) is 5.91 Å². The molecule has 2 atom stereocenters. The van der Waals surface area contributed by atoms with Crippen LogP contribution in [0.25, 0.3) is 0 Å². The van der Waals surface area contributed by atoms with Gasteiger partial charge in [-0.1, -0.05) is 12.1 Å². The fraction of sp³-hybridized carbons (Fsp3) is 0.429. The van der Waals surface area contributed by atoms with E-state index in [1.807, 2.05) is 29.2 Å². The van der Waals surface area contributed by atoms with Gasteiger partial charge in [-0.05, 0) is 25.0 Å². The number of para-hydroxylation sites is 2. The van der Waals surface area contributed by atoms with Crippen molar-refractivity contribution in [2.24, 2.45) is 4.99 Å². The lowest BCUT2D eigenvalue weighted by Gasteiger charge is -2.24. The third kappa shape index (κ3) is 4.40. The molecule has 1 aromatic carbocycles. The topological polar surface area (TPSA) is 93.1 Å². The fourth-order valence-electron chi connectivity index (χ4n) is 3.72. The number of thioether (sulfide) groups is 1. The van der Waals surface area contributed by atoms with Crippen LogP contribution in [-0.2, 0) is 4.79 Å². The lowest BCUT2D eigenvalue weighted by Crippen LogP contribution is -2.36. The summed E-state index contributed by atoms with van der Waals surface area (Å²) >= 11 is 2.90. The van der Waals surface area contributed by atoms with Gasteiger partial charge >= 0.3 is 0 Å². The molecule has 0 radical (unpaired) electrons. The first-order chi connectivity index (χ1) is 15.2. The van der Waals surface area contributed by atoms with Crippen LogP contribution in [-0.4, -0.2) is 64.8 Å². The summed E-state index contributed by atoms with van der Waals surface area (Å²) in [6.45, 7) is 2.31. The quantitative estimate of drug-likeness (QED) is 0.740. The number of hydrogen-bond acceptors (Lipinski definition) is 8. The molecule has 3 aliphatic heterocycles. The molecule has 4 heterocycles. The average Bonchev–Trinajstić information content (AvgIpc) is 3.58. The Bertz CT molecular complexity index is 1020. The lowest BCUT2D eigenvalue weighted by molar-refractivity contribution is -0.130. The molecule has 8 nitrogen and oxygen atoms in total. The molecule has 1 aromatic heterocycles. The van der Waals surface area contributed by atoms with Gasteiger partial charge in [0.05, 0.1) is 11.6 Å². The van der Waals surface area contributed by atoms with Crippen molar-refractivity contribution < 1.29 is 19.1 Å². The van der Waals surface area contributed by atoms with Gasteiger partial charge in [-0.3, -0.25) is 14.6 Å². The second-order valence-electron chi connectivity index (χ2n) is 7.50. The second kappa shape index (κ2) is 8.88. The zero-order valence-electron chi connectivity index (χ0n) is 16.8. The molecule has 1 fully saturated rings. The Hall–Kier alpha value is -2.59. The van der Waals surface area contributed by atoms with E-state index in [1.165, 1.54) is 23.1 Å². The van der Waals surface area contributed by atoms with E-state index in [0.29, 0.717) is 41.1 Å². The number of thiazole rings is 1. The van der Waals surface area contributed by atoms with Crippen molar-refractivity contribution in [2.75, 3.05) is 32.0 Å². The first-order valence-corrected chi connectivity index (χ1v) is 12.1. The van der Waals surface area contributed by atoms with E-state index >= 15 is 0 Å². The van der Waals surface area contributed by atoms with Gasteiger partial charge in [0.1, 0.15) is 23.4 Å². The number of rotatable bonds is 5. The summed E-state index contributed by atoms with van der Waals surface area (Å²) in [5, 5.41) is 6.06. The highest BCUT2D eigenvalue weighted by Gasteiger charge is 2.30. The summed E-state index contributed by atoms with van der Waals surface area (Å²) in [4.78, 5) is 35.9. The fourth-order valence-corrected chi connectivity index (χ4v) is 5.48. The summed E-state index contributed by atoms with van der Waals surface area (Å²) in [5.41, 5.74) is 0.343. The summed E-state index contributed by atoms with van der Waals surface area (Å²) in [5.74, 6) is 1.87. The van der Waals surface area contributed by atoms with Crippen molar-refractivity contribution in [2.45, 2.75) is 25.0 Å². The Morgan fingerprint density at radius 1 is 1.19 bits per heavy atom. The van der Waals surface area contributed by atoms with Crippen molar-refractivity contribution in [3.63, 3.8) is 0 Å². The maximum absolute atomic E-state index is 12.5. The van der Waals surface area contributed by atoms with Crippen LogP contribution >= 0.6 is 23.1 Å². The molecule has 1 N–H and O–H groups in total. The minimum atomic E-state index is -0.339. The number of likely N-dealkylation sites (tertiary alicyclic amines) is 1. The summed E-state index contributed by atoms with van der Waals surface area (Å²) in [6, 6.07) is 7.17. The van der Waals surface area contributed by atoms with Crippen LogP contribution in [0.1, 0.15) is 34.4 Å². The van der Waals surface area contributed by atoms with Crippen molar-refractivity contribution in [3.05, 3.63) is 40.3 Å². The Kier molecular flexibility index (Phi) is 5.82. The van der Waals surface area contributed by atoms with Crippen LogP contribution in [0.3, 0.4) is 0 Å². The molecule has 1 saturated heterocycles. The monoisotopic (exact) mass is 458 g/mol. The summed E-state index contributed by atoms with van der Waals surface area (Å²) in [7, 11) is 0. The van der Waals surface area contributed by atoms with E-state index in [4.69, 9.17) is 9.47 Å². The smallest absolute Gasteiger partial charge is 0.271 e. The Morgan fingerprint density at radius 3 is 2.84 bits per heavy atom. The molecule has 0 saturated carbocycles. The second-order valence-corrected chi connectivity index (χ2v) is 9.48. The average molecular weight is 459 g/mol. The Morgan fingerprint density at radius 2 is 2.00 bits per heavy atom. The summed E-state index contributed by atoms with van der Waals surface area (Å²) in [6.07, 6.45) is 1.80. The van der Waals surface area contributed by atoms with Crippen LogP contribution in [0.5, 0.6) is 11.5 Å². The molecular formula is C21H22N4O4S2. The molecule has 10 heteroatoms. The number of amides is 2. The molecule has 0 spiro atoms. The summed E-state index contributed by atoms with van der Waals surface area (Å²) < 4.78 is 11.7. The van der Waals surface area contributed by atoms with Crippen LogP contribution < -0.4 is 14.8 Å². The van der Waals surface area contributed by atoms with E-state index in [-0.39, 0.29) is 24.0 Å². The van der Waals surface area contributed by atoms with Crippen molar-refractivity contribution in [3.8, 4) is 11.5 Å². The molecule has 31 heavy (non-hydrogen) atoms. The number of nitrogens with zero attached hydrogens (tertiary/aromatic N) is 3. The number of carbonyl (C=O) groups excluding carboxylic acids is 2. The highest BCUT2D eigenvalue weighted by molar-refractivity contribution is 8.14. The van der Waals surface area contributed by atoms with Crippen LogP contribution in [0.2, 0.25) is 0 Å². The van der Waals surface area contributed by atoms with Gasteiger partial charge in [-0.15, -0.1) is 23.1 Å². The van der Waals surface area contributed by atoms with E-state index in [1.54, 1.807) is 5.38 Å². The number of aromatic nitrogens is 1. The number of fused-ring (bicyclic) bond motifs is 1. The van der Waals surface area contributed by atoms with E-state index in [2.05, 4.69) is 15.3 Å². The van der Waals surface area contributed by atoms with Gasteiger partial charge in [-0.25, -0.2) is 4.98 Å². The molecule has 0 bridgehead atoms. The van der Waals surface area contributed by atoms with Crippen LogP contribution in [0.4, 0.5) is 0 Å². The highest BCUT2D eigenvalue weighted by Crippen LogP contribution is 2.36. The number of benzene rings is 1. The van der Waals surface area contributed by atoms with Gasteiger partial charge < -0.3 is 19.7 Å². The number of aliphatic imine (C=N–C) groups is 1. The number of ether oxygens (including phenoxy) is 2. The van der Waals surface area contributed by atoms with Gasteiger partial charge in [0.15, 0.2) is 17.6 Å². The zero-order valence-corrected chi connectivity index (χ0v) is 18.4. The largest absolute Gasteiger partial charge is 0.485 e. The minimum absolute atomic E-state index is 0.103. The lowest BCUT2D eigenvalue weighted by atomic mass is 10.2. The SMILES string of the molecule is O=C(NCC1=N[C@@H](C(=O)N2CCCC2)CS1)c1csc(C2COc3ccccc3O2)n1. The first-order valence-electron chi connectivity index (χ1n) is 10.3. The first kappa shape index (κ1) is 20.3. The van der Waals surface area contributed by atoms with Crippen molar-refractivity contribution >= 4 is 40.0 Å². The van der Waals surface area contributed by atoms with Crippen LogP contribution in [0, 0.1) is 0 Å². The zero-order chi connectivity index (χ0) is 21.2. The van der Waals surface area contributed by atoms with Crippen molar-refractivity contribution in [1.29, 1.82) is 0 Å². The van der Waals surface area contributed by atoms with Gasteiger partial charge in [0.2, 0.25) is 5.91 Å². The molecule has 0 aliphatic carbocycles. The molecule has 3 aliphatic rings. The van der Waals surface area contributed by atoms with Gasteiger partial charge in [0, 0.05) is 24.2 Å². The number of hydrogen-bond donors (Lipinski definition) is 1. The maximum atomic E-state index is 12.5. The van der Waals surface area contributed by atoms with Gasteiger partial charge in [-0.2, -0.15) is 0 Å². The van der Waals surface area contributed by atoms with E-state index in [9.17, 15) is 9.59 Å². The predicted octanol–water partition coefficient (Wildman–Crippen LogP) is 2.52. The van der Waals surface area contributed by atoms with Crippen molar-refractivity contribution in [1.82, 2.24) is 15.2 Å². The standard InChI is InChI=1S/C21H22N4O4S2/c26-19(22-9-18-23-14(12-30-18)21(27)25-7-3-4-8-25)13-11-31-20(24-13)17-10-28-15-5-1-2-6-16(15)29-17/h1-2,5-6,11,14,17H,3-4,7-10,12H2,(H,22,26)/t14-,17?/m1/s1. The molecular weight excluding hydrogens is 436 g/mol.